The number of para-hydroxylation sites is 1. The highest BCUT2D eigenvalue weighted by atomic mass is 32.2. The van der Waals surface area contributed by atoms with Gasteiger partial charge in [-0.2, -0.15) is 11.8 Å². The zero-order chi connectivity index (χ0) is 11.9. The summed E-state index contributed by atoms with van der Waals surface area (Å²) in [5, 5.41) is 5.33. The summed E-state index contributed by atoms with van der Waals surface area (Å²) < 4.78 is 5.55. The molecule has 2 N–H and O–H groups in total. The van der Waals surface area contributed by atoms with Crippen LogP contribution in [0.2, 0.25) is 0 Å². The molecule has 0 aliphatic rings. The van der Waals surface area contributed by atoms with Crippen LogP contribution in [0.5, 0.6) is 5.75 Å². The summed E-state index contributed by atoms with van der Waals surface area (Å²) in [6.07, 6.45) is 0. The summed E-state index contributed by atoms with van der Waals surface area (Å²) in [5.41, 5.74) is 0.834. The van der Waals surface area contributed by atoms with E-state index in [-0.39, 0.29) is 5.56 Å². The van der Waals surface area contributed by atoms with Gasteiger partial charge in [-0.1, -0.05) is 18.2 Å². The maximum Gasteiger partial charge on any atom is 0.264 e. The van der Waals surface area contributed by atoms with Crippen LogP contribution in [0.1, 0.15) is 5.69 Å². The summed E-state index contributed by atoms with van der Waals surface area (Å²) in [7, 11) is 0. The molecule has 0 bridgehead atoms. The maximum atomic E-state index is 10.8. The minimum atomic E-state index is -0.0823. The molecule has 0 spiro atoms. The predicted octanol–water partition coefficient (Wildman–Crippen LogP) is 2.02. The van der Waals surface area contributed by atoms with Crippen LogP contribution < -0.4 is 10.3 Å². The van der Waals surface area contributed by atoms with Gasteiger partial charge in [0.1, 0.15) is 5.75 Å². The Kier molecular flexibility index (Phi) is 4.32. The van der Waals surface area contributed by atoms with E-state index >= 15 is 0 Å². The third-order valence-corrected chi connectivity index (χ3v) is 3.12. The van der Waals surface area contributed by atoms with Gasteiger partial charge in [-0.15, -0.1) is 0 Å². The second-order valence-corrected chi connectivity index (χ2v) is 4.60. The SMILES string of the molecule is O=c1cc(CSCCOc2ccccc2)[nH][nH]1. The minimum Gasteiger partial charge on any atom is -0.493 e. The molecule has 0 saturated heterocycles. The number of rotatable bonds is 6. The molecule has 0 aliphatic carbocycles. The van der Waals surface area contributed by atoms with Crippen LogP contribution in [-0.4, -0.2) is 22.6 Å². The number of aromatic amines is 2. The third kappa shape index (κ3) is 4.03. The number of thioether (sulfide) groups is 1. The molecule has 0 fully saturated rings. The Balaban J connectivity index is 1.62. The van der Waals surface area contributed by atoms with Gasteiger partial charge in [-0.05, 0) is 12.1 Å². The normalized spacial score (nSPS) is 10.4. The van der Waals surface area contributed by atoms with Crippen molar-refractivity contribution in [1.82, 2.24) is 10.2 Å². The van der Waals surface area contributed by atoms with E-state index in [9.17, 15) is 4.79 Å². The van der Waals surface area contributed by atoms with Crippen LogP contribution in [0.15, 0.2) is 41.2 Å². The first kappa shape index (κ1) is 11.9. The van der Waals surface area contributed by atoms with Crippen LogP contribution in [0.25, 0.3) is 0 Å². The second kappa shape index (κ2) is 6.20. The van der Waals surface area contributed by atoms with E-state index in [2.05, 4.69) is 10.2 Å². The quantitative estimate of drug-likeness (QED) is 0.771. The number of nitrogens with one attached hydrogen (secondary N) is 2. The highest BCUT2D eigenvalue weighted by molar-refractivity contribution is 7.98. The van der Waals surface area contributed by atoms with E-state index in [1.54, 1.807) is 17.8 Å². The second-order valence-electron chi connectivity index (χ2n) is 3.50. The van der Waals surface area contributed by atoms with Crippen molar-refractivity contribution in [1.29, 1.82) is 0 Å². The standard InChI is InChI=1S/C12H14N2O2S/c15-12-8-10(13-14-12)9-17-7-6-16-11-4-2-1-3-5-11/h1-5,8H,6-7,9H2,(H2,13,14,15). The van der Waals surface area contributed by atoms with E-state index < -0.39 is 0 Å². The molecule has 0 radical (unpaired) electrons. The van der Waals surface area contributed by atoms with Crippen LogP contribution in [0.3, 0.4) is 0 Å². The summed E-state index contributed by atoms with van der Waals surface area (Å²) in [5.74, 6) is 2.57. The molecule has 90 valence electrons. The van der Waals surface area contributed by atoms with E-state index in [0.29, 0.717) is 6.61 Å². The summed E-state index contributed by atoms with van der Waals surface area (Å²) in [6, 6.07) is 11.3. The highest BCUT2D eigenvalue weighted by Gasteiger charge is 1.97. The molecule has 0 amide bonds. The van der Waals surface area contributed by atoms with Crippen molar-refractivity contribution in [2.45, 2.75) is 5.75 Å². The maximum absolute atomic E-state index is 10.8. The van der Waals surface area contributed by atoms with Crippen molar-refractivity contribution in [3.8, 4) is 5.75 Å². The van der Waals surface area contributed by atoms with Gasteiger partial charge >= 0.3 is 0 Å². The van der Waals surface area contributed by atoms with E-state index in [1.165, 1.54) is 0 Å². The van der Waals surface area contributed by atoms with Crippen LogP contribution in [0, 0.1) is 0 Å². The fourth-order valence-corrected chi connectivity index (χ4v) is 2.09. The van der Waals surface area contributed by atoms with Gasteiger partial charge in [0, 0.05) is 23.3 Å². The fourth-order valence-electron chi connectivity index (χ4n) is 1.37. The number of aromatic nitrogens is 2. The molecule has 1 heterocycles. The molecule has 0 unspecified atom stereocenters. The van der Waals surface area contributed by atoms with Crippen molar-refractivity contribution in [2.24, 2.45) is 0 Å². The van der Waals surface area contributed by atoms with Crippen molar-refractivity contribution in [3.63, 3.8) is 0 Å². The smallest absolute Gasteiger partial charge is 0.264 e. The van der Waals surface area contributed by atoms with Gasteiger partial charge in [-0.25, -0.2) is 0 Å². The Bertz CT molecular complexity index is 492. The average Bonchev–Trinajstić information content (AvgIpc) is 2.76. The van der Waals surface area contributed by atoms with Crippen molar-refractivity contribution in [2.75, 3.05) is 12.4 Å². The van der Waals surface area contributed by atoms with Gasteiger partial charge in [0.15, 0.2) is 0 Å². The topological polar surface area (TPSA) is 57.9 Å². The Morgan fingerprint density at radius 2 is 2.00 bits per heavy atom. The molecular weight excluding hydrogens is 236 g/mol. The first-order valence-electron chi connectivity index (χ1n) is 5.37. The van der Waals surface area contributed by atoms with Gasteiger partial charge in [0.05, 0.1) is 6.61 Å². The van der Waals surface area contributed by atoms with Gasteiger partial charge < -0.3 is 9.84 Å². The van der Waals surface area contributed by atoms with E-state index in [4.69, 9.17) is 4.74 Å². The van der Waals surface area contributed by atoms with Crippen molar-refractivity contribution in [3.05, 3.63) is 52.4 Å². The molecule has 5 heteroatoms. The fraction of sp³-hybridized carbons (Fsp3) is 0.250. The first-order chi connectivity index (χ1) is 8.34. The average molecular weight is 250 g/mol. The summed E-state index contributed by atoms with van der Waals surface area (Å²) in [6.45, 7) is 0.670. The third-order valence-electron chi connectivity index (χ3n) is 2.15. The molecule has 0 aliphatic heterocycles. The molecule has 2 aromatic rings. The first-order valence-corrected chi connectivity index (χ1v) is 6.52. The van der Waals surface area contributed by atoms with Crippen LogP contribution >= 0.6 is 11.8 Å². The van der Waals surface area contributed by atoms with Gasteiger partial charge in [-0.3, -0.25) is 9.89 Å². The van der Waals surface area contributed by atoms with Crippen molar-refractivity contribution < 1.29 is 4.74 Å². The molecule has 17 heavy (non-hydrogen) atoms. The Morgan fingerprint density at radius 3 is 2.71 bits per heavy atom. The summed E-state index contributed by atoms with van der Waals surface area (Å²) in [4.78, 5) is 10.8. The molecular formula is C12H14N2O2S. The lowest BCUT2D eigenvalue weighted by molar-refractivity contribution is 0.344. The Labute approximate surface area is 103 Å². The summed E-state index contributed by atoms with van der Waals surface area (Å²) >= 11 is 1.72. The molecule has 1 aromatic heterocycles. The van der Waals surface area contributed by atoms with E-state index in [0.717, 1.165) is 22.9 Å². The van der Waals surface area contributed by atoms with Crippen LogP contribution in [-0.2, 0) is 5.75 Å². The lowest BCUT2D eigenvalue weighted by Gasteiger charge is -2.04. The van der Waals surface area contributed by atoms with Gasteiger partial charge in [0.2, 0.25) is 0 Å². The Morgan fingerprint density at radius 1 is 1.18 bits per heavy atom. The number of H-pyrrole nitrogens is 2. The largest absolute Gasteiger partial charge is 0.493 e. The van der Waals surface area contributed by atoms with Gasteiger partial charge in [0.25, 0.3) is 5.56 Å². The number of benzene rings is 1. The number of hydrogen-bond donors (Lipinski definition) is 2. The van der Waals surface area contributed by atoms with E-state index in [1.807, 2.05) is 30.3 Å². The van der Waals surface area contributed by atoms with Crippen molar-refractivity contribution >= 4 is 11.8 Å². The minimum absolute atomic E-state index is 0.0823. The Hall–Kier alpha value is -1.62. The zero-order valence-corrected chi connectivity index (χ0v) is 10.1. The molecule has 0 atom stereocenters. The number of hydrogen-bond acceptors (Lipinski definition) is 3. The monoisotopic (exact) mass is 250 g/mol. The lowest BCUT2D eigenvalue weighted by Crippen LogP contribution is -2.00. The zero-order valence-electron chi connectivity index (χ0n) is 9.31. The van der Waals surface area contributed by atoms with Crippen LogP contribution in [0.4, 0.5) is 0 Å². The number of ether oxygens (including phenoxy) is 1. The highest BCUT2D eigenvalue weighted by Crippen LogP contribution is 2.11. The molecule has 0 saturated carbocycles. The predicted molar refractivity (Wildman–Crippen MR) is 69.5 cm³/mol. The molecule has 1 aromatic carbocycles. The molecule has 2 rings (SSSR count). The lowest BCUT2D eigenvalue weighted by atomic mass is 10.3. The molecule has 4 nitrogen and oxygen atoms in total.